The highest BCUT2D eigenvalue weighted by molar-refractivity contribution is 7.47. The largest absolute Gasteiger partial charge is 0.472 e. The molecule has 4 N–H and O–H groups in total. The standard InChI is InChI=1S/C91H156O16P2/c1-4-7-10-13-16-19-22-25-27-29-31-33-35-37-38-39-40-41-42-43-44-45-46-48-50-51-53-55-57-60-62-65-68-71-74-77-89(94)101-80-86(92)81-103-108(97,98)104-82-87(93)83-105-109(99,100)106-85-88(107-91(96)79-76-73-70-67-64-59-24-21-18-15-12-9-6-3)84-102-90(95)78-75-72-69-66-63-61-58-56-54-52-49-47-36-34-32-30-28-26-23-20-17-14-11-8-5-2/h7-8,10-11,16-17,19-20,25-28,31-34,37-38,40-41,47,49,54,56,86-88,92-93H,4-6,9,12-15,18,21-24,29-30,35-36,39,42-46,48,50-53,55,57-85H2,1-3H3,(H,97,98)(H,99,100)/b10-7-,11-8-,19-16-,20-17-,27-25-,28-26-,33-31-,34-32-,38-37-,41-40-,49-47-,56-54-. The molecule has 0 aliphatic rings. The summed E-state index contributed by atoms with van der Waals surface area (Å²) in [5, 5.41) is 20.7. The summed E-state index contributed by atoms with van der Waals surface area (Å²) in [7, 11) is -9.79. The van der Waals surface area contributed by atoms with Gasteiger partial charge in [0.15, 0.2) is 6.10 Å². The molecule has 0 aromatic heterocycles. The molecule has 0 fully saturated rings. The third-order valence-electron chi connectivity index (χ3n) is 18.1. The van der Waals surface area contributed by atoms with E-state index >= 15 is 0 Å². The number of carbonyl (C=O) groups excluding carboxylic acids is 3. The Balaban J connectivity index is 4.42. The Labute approximate surface area is 664 Å². The number of allylic oxidation sites excluding steroid dienone is 24. The van der Waals surface area contributed by atoms with Gasteiger partial charge in [0.25, 0.3) is 0 Å². The van der Waals surface area contributed by atoms with Gasteiger partial charge in [0.1, 0.15) is 25.4 Å². The summed E-state index contributed by atoms with van der Waals surface area (Å²) in [4.78, 5) is 58.7. The van der Waals surface area contributed by atoms with Gasteiger partial charge in [0.05, 0.1) is 26.4 Å². The number of ether oxygens (including phenoxy) is 3. The van der Waals surface area contributed by atoms with Crippen molar-refractivity contribution in [1.29, 1.82) is 0 Å². The molecule has 626 valence electrons. The van der Waals surface area contributed by atoms with Crippen LogP contribution >= 0.6 is 15.6 Å². The van der Waals surface area contributed by atoms with Crippen LogP contribution in [0.25, 0.3) is 0 Å². The predicted molar refractivity (Wildman–Crippen MR) is 454 cm³/mol. The number of phosphoric ester groups is 2. The van der Waals surface area contributed by atoms with Crippen molar-refractivity contribution in [3.63, 3.8) is 0 Å². The van der Waals surface area contributed by atoms with Crippen LogP contribution in [0.3, 0.4) is 0 Å². The zero-order valence-corrected chi connectivity index (χ0v) is 70.5. The normalized spacial score (nSPS) is 14.6. The van der Waals surface area contributed by atoms with Crippen LogP contribution in [0.1, 0.15) is 355 Å². The first kappa shape index (κ1) is 104. The highest BCUT2D eigenvalue weighted by atomic mass is 31.2. The quantitative estimate of drug-likeness (QED) is 0.0146. The minimum atomic E-state index is -4.93. The van der Waals surface area contributed by atoms with Gasteiger partial charge in [-0.1, -0.05) is 359 Å². The van der Waals surface area contributed by atoms with Crippen LogP contribution in [0.15, 0.2) is 146 Å². The highest BCUT2D eigenvalue weighted by Crippen LogP contribution is 2.45. The number of aliphatic hydroxyl groups excluding tert-OH is 2. The molecule has 0 amide bonds. The van der Waals surface area contributed by atoms with Gasteiger partial charge in [0.2, 0.25) is 0 Å². The van der Waals surface area contributed by atoms with E-state index < -0.39 is 91.5 Å². The summed E-state index contributed by atoms with van der Waals surface area (Å²) in [6, 6.07) is 0. The molecule has 109 heavy (non-hydrogen) atoms. The first-order valence-corrected chi connectivity index (χ1v) is 46.1. The van der Waals surface area contributed by atoms with Gasteiger partial charge in [-0.25, -0.2) is 9.13 Å². The number of hydrogen-bond donors (Lipinski definition) is 4. The summed E-state index contributed by atoms with van der Waals surface area (Å²) >= 11 is 0. The predicted octanol–water partition coefficient (Wildman–Crippen LogP) is 26.0. The van der Waals surface area contributed by atoms with Gasteiger partial charge in [-0.15, -0.1) is 0 Å². The number of unbranched alkanes of at least 4 members (excludes halogenated alkanes) is 34. The summed E-state index contributed by atoms with van der Waals surface area (Å²) in [5.74, 6) is -1.58. The molecule has 5 unspecified atom stereocenters. The van der Waals surface area contributed by atoms with E-state index in [1.807, 2.05) is 0 Å². The van der Waals surface area contributed by atoms with E-state index in [9.17, 15) is 43.5 Å². The van der Waals surface area contributed by atoms with Gasteiger partial charge in [0, 0.05) is 19.3 Å². The molecule has 0 aliphatic carbocycles. The summed E-state index contributed by atoms with van der Waals surface area (Å²) < 4.78 is 61.2. The van der Waals surface area contributed by atoms with E-state index in [2.05, 4.69) is 167 Å². The average molecular weight is 1570 g/mol. The second-order valence-electron chi connectivity index (χ2n) is 28.6. The van der Waals surface area contributed by atoms with Crippen LogP contribution in [0.5, 0.6) is 0 Å². The second kappa shape index (κ2) is 82.9. The maximum absolute atomic E-state index is 13.0. The van der Waals surface area contributed by atoms with Crippen molar-refractivity contribution in [2.45, 2.75) is 373 Å². The fourth-order valence-electron chi connectivity index (χ4n) is 11.6. The fraction of sp³-hybridized carbons (Fsp3) is 0.703. The van der Waals surface area contributed by atoms with Gasteiger partial charge < -0.3 is 34.2 Å². The maximum atomic E-state index is 13.0. The Morgan fingerprint density at radius 2 is 0.486 bits per heavy atom. The van der Waals surface area contributed by atoms with E-state index in [0.29, 0.717) is 19.3 Å². The van der Waals surface area contributed by atoms with Gasteiger partial charge in [-0.2, -0.15) is 0 Å². The Kier molecular flexibility index (Phi) is 79.4. The van der Waals surface area contributed by atoms with Crippen LogP contribution < -0.4 is 0 Å². The van der Waals surface area contributed by atoms with Crippen molar-refractivity contribution < 1.29 is 75.8 Å². The fourth-order valence-corrected chi connectivity index (χ4v) is 13.2. The zero-order chi connectivity index (χ0) is 79.4. The molecule has 18 heteroatoms. The van der Waals surface area contributed by atoms with Crippen molar-refractivity contribution >= 4 is 33.6 Å². The number of phosphoric acid groups is 2. The van der Waals surface area contributed by atoms with Crippen molar-refractivity contribution in [1.82, 2.24) is 0 Å². The van der Waals surface area contributed by atoms with E-state index in [1.165, 1.54) is 135 Å². The van der Waals surface area contributed by atoms with Crippen LogP contribution in [0.4, 0.5) is 0 Å². The molecule has 0 heterocycles. The van der Waals surface area contributed by atoms with Crippen LogP contribution in [-0.4, -0.2) is 95.9 Å². The lowest BCUT2D eigenvalue weighted by Crippen LogP contribution is -2.30. The van der Waals surface area contributed by atoms with Crippen LogP contribution in [-0.2, 0) is 55.8 Å². The summed E-state index contributed by atoms with van der Waals surface area (Å²) in [6.07, 6.45) is 103. The molecular weight excluding hydrogens is 1410 g/mol. The average Bonchev–Trinajstić information content (AvgIpc) is 0.905. The summed E-state index contributed by atoms with van der Waals surface area (Å²) in [6.45, 7) is 2.47. The van der Waals surface area contributed by atoms with Gasteiger partial charge in [-0.05, 0) is 122 Å². The third-order valence-corrected chi connectivity index (χ3v) is 20.0. The topological polar surface area (TPSA) is 231 Å². The van der Waals surface area contributed by atoms with E-state index in [1.54, 1.807) is 0 Å². The van der Waals surface area contributed by atoms with Crippen LogP contribution in [0.2, 0.25) is 0 Å². The van der Waals surface area contributed by atoms with E-state index in [-0.39, 0.29) is 19.3 Å². The molecule has 5 atom stereocenters. The molecule has 0 spiro atoms. The van der Waals surface area contributed by atoms with E-state index in [4.69, 9.17) is 32.3 Å². The minimum absolute atomic E-state index is 0.102. The first-order valence-electron chi connectivity index (χ1n) is 43.1. The van der Waals surface area contributed by atoms with Crippen molar-refractivity contribution in [3.8, 4) is 0 Å². The Bertz CT molecular complexity index is 2560. The number of carbonyl (C=O) groups is 3. The van der Waals surface area contributed by atoms with Crippen molar-refractivity contribution in [2.75, 3.05) is 39.6 Å². The molecular formula is C91H156O16P2. The Hall–Kier alpha value is -4.57. The lowest BCUT2D eigenvalue weighted by molar-refractivity contribution is -0.161. The molecule has 0 aliphatic heterocycles. The molecule has 0 aromatic rings. The number of rotatable bonds is 81. The Morgan fingerprint density at radius 1 is 0.266 bits per heavy atom. The molecule has 16 nitrogen and oxygen atoms in total. The monoisotopic (exact) mass is 1570 g/mol. The SMILES string of the molecule is CC/C=C\C/C=C\C/C=C\C/C=C\C/C=C\C/C=C\CCCCCCCCCCCCCCCCCCC(=O)OCC(O)COP(=O)(O)OCC(O)COP(=O)(O)OCC(COC(=O)CCCCCCCC/C=C\C/C=C\C/C=C\C/C=C\C/C=C\C/C=C\CC)OC(=O)CCCCCCCCCCCCCCC. The molecule has 0 saturated carbocycles. The third kappa shape index (κ3) is 84.2. The summed E-state index contributed by atoms with van der Waals surface area (Å²) in [5.41, 5.74) is 0. The molecule has 0 aromatic carbocycles. The molecule has 0 saturated heterocycles. The van der Waals surface area contributed by atoms with Gasteiger partial charge in [-0.3, -0.25) is 32.5 Å². The zero-order valence-electron chi connectivity index (χ0n) is 68.7. The smallest absolute Gasteiger partial charge is 0.463 e. The van der Waals surface area contributed by atoms with Crippen molar-refractivity contribution in [3.05, 3.63) is 146 Å². The minimum Gasteiger partial charge on any atom is -0.463 e. The lowest BCUT2D eigenvalue weighted by Gasteiger charge is -2.21. The molecule has 0 bridgehead atoms. The number of aliphatic hydroxyl groups is 2. The van der Waals surface area contributed by atoms with Crippen LogP contribution in [0, 0.1) is 0 Å². The number of hydrogen-bond acceptors (Lipinski definition) is 14. The van der Waals surface area contributed by atoms with E-state index in [0.717, 1.165) is 161 Å². The first-order chi connectivity index (χ1) is 53.2. The molecule has 0 radical (unpaired) electrons. The molecule has 0 rings (SSSR count). The van der Waals surface area contributed by atoms with Gasteiger partial charge >= 0.3 is 33.6 Å². The van der Waals surface area contributed by atoms with Crippen molar-refractivity contribution in [2.24, 2.45) is 0 Å². The second-order valence-corrected chi connectivity index (χ2v) is 31.5. The maximum Gasteiger partial charge on any atom is 0.472 e. The highest BCUT2D eigenvalue weighted by Gasteiger charge is 2.29. The lowest BCUT2D eigenvalue weighted by atomic mass is 10.0. The number of esters is 3. The Morgan fingerprint density at radius 3 is 0.771 bits per heavy atom.